The highest BCUT2D eigenvalue weighted by atomic mass is 32.2. The van der Waals surface area contributed by atoms with Gasteiger partial charge < -0.3 is 70.6 Å². The first-order chi connectivity index (χ1) is 34.7. The summed E-state index contributed by atoms with van der Waals surface area (Å²) in [7, 11) is -16.5. The number of hydrogen-bond donors (Lipinski definition) is 11. The Balaban J connectivity index is 1.03. The summed E-state index contributed by atoms with van der Waals surface area (Å²) in [5, 5.41) is 45.9. The van der Waals surface area contributed by atoms with Gasteiger partial charge in [-0.1, -0.05) is 70.6 Å². The highest BCUT2D eigenvalue weighted by Gasteiger charge is 2.50. The van der Waals surface area contributed by atoms with Crippen LogP contribution in [0.3, 0.4) is 0 Å². The molecule has 2 saturated heterocycles. The summed E-state index contributed by atoms with van der Waals surface area (Å²) in [6, 6.07) is 0. The van der Waals surface area contributed by atoms with Crippen LogP contribution < -0.4 is 16.4 Å². The van der Waals surface area contributed by atoms with E-state index in [2.05, 4.69) is 34.4 Å². The Morgan fingerprint density at radius 3 is 2.20 bits per heavy atom. The lowest BCUT2D eigenvalue weighted by Crippen LogP contribution is -2.47. The van der Waals surface area contributed by atoms with E-state index in [1.807, 2.05) is 0 Å². The number of nitrogens with zero attached hydrogens (tertiary/aromatic N) is 4. The standard InChI is InChI=1S/C41H70N7O22P3S/c1-25-27(50)20-28(51)40(67-25)64-17-12-10-8-6-4-5-7-9-11-13-26(49)19-31(53)74-18-16-43-30(52)14-15-44-38(56)35(55)41(2,3)22-66-73(62,63)70-72(60,61)65-21-29-34(69-71(57,58)59)33(54)39(68-29)48-24-47-32-36(42)45-23-46-37(32)48/h23-25,27-29,33-35,39-40,50-51,54-55H,4-22H2,1-3H3,(H,43,52)(H,44,56)(H,60,61)(H,62,63)(H2,42,45,46)(H2,57,58,59)/t25-,27+,28+,29+,33+,34+,35-,39+,40+/m0/s1. The molecule has 2 aromatic rings. The minimum Gasteiger partial charge on any atom is -0.390 e. The number of ketones is 1. The summed E-state index contributed by atoms with van der Waals surface area (Å²) in [6.45, 7) is 2.48. The summed E-state index contributed by atoms with van der Waals surface area (Å²) in [5.74, 6) is -1.51. The molecule has 4 rings (SSSR count). The number of ether oxygens (including phenoxy) is 3. The van der Waals surface area contributed by atoms with Crippen molar-refractivity contribution in [3.63, 3.8) is 0 Å². The van der Waals surface area contributed by atoms with Crippen LogP contribution in [-0.2, 0) is 65.0 Å². The molecule has 0 radical (unpaired) electrons. The zero-order valence-corrected chi connectivity index (χ0v) is 44.7. The average molecular weight is 1140 g/mol. The molecule has 2 amide bonds. The van der Waals surface area contributed by atoms with E-state index in [1.165, 1.54) is 13.8 Å². The van der Waals surface area contributed by atoms with E-state index in [4.69, 9.17) is 29.0 Å². The van der Waals surface area contributed by atoms with Gasteiger partial charge in [0.1, 0.15) is 48.1 Å². The molecule has 0 aliphatic carbocycles. The Morgan fingerprint density at radius 2 is 1.53 bits per heavy atom. The lowest BCUT2D eigenvalue weighted by atomic mass is 9.87. The van der Waals surface area contributed by atoms with Gasteiger partial charge in [0.25, 0.3) is 0 Å². The number of hydrogen-bond acceptors (Lipinski definition) is 23. The Kier molecular flexibility index (Phi) is 25.5. The van der Waals surface area contributed by atoms with Crippen molar-refractivity contribution in [1.29, 1.82) is 0 Å². The number of imidazole rings is 1. The van der Waals surface area contributed by atoms with E-state index < -0.39 is 103 Å². The van der Waals surface area contributed by atoms with Crippen molar-refractivity contribution < 1.29 is 105 Å². The molecular formula is C41H70N7O22P3S. The van der Waals surface area contributed by atoms with Crippen molar-refractivity contribution >= 4 is 74.9 Å². The molecule has 0 bridgehead atoms. The summed E-state index contributed by atoms with van der Waals surface area (Å²) >= 11 is 0.910. The second kappa shape index (κ2) is 29.7. The largest absolute Gasteiger partial charge is 0.481 e. The fourth-order valence-electron chi connectivity index (χ4n) is 7.55. The maximum atomic E-state index is 12.8. The minimum absolute atomic E-state index is 0.0197. The molecule has 2 aromatic heterocycles. The van der Waals surface area contributed by atoms with E-state index in [9.17, 15) is 72.9 Å². The first kappa shape index (κ1) is 63.6. The summed E-state index contributed by atoms with van der Waals surface area (Å²) in [4.78, 5) is 101. The number of phosphoric acid groups is 3. The Bertz CT molecular complexity index is 2300. The fraction of sp³-hybridized carbons (Fsp3) is 0.780. The molecule has 29 nitrogen and oxygen atoms in total. The van der Waals surface area contributed by atoms with Crippen LogP contribution in [0.4, 0.5) is 5.82 Å². The number of thioether (sulfide) groups is 1. The molecule has 4 heterocycles. The number of nitrogens with one attached hydrogen (secondary N) is 2. The molecule has 2 fully saturated rings. The zero-order valence-electron chi connectivity index (χ0n) is 41.2. The number of aliphatic hydroxyl groups is 4. The molecule has 74 heavy (non-hydrogen) atoms. The molecule has 12 N–H and O–H groups in total. The number of carbonyl (C=O) groups is 4. The van der Waals surface area contributed by atoms with Gasteiger partial charge >= 0.3 is 23.5 Å². The van der Waals surface area contributed by atoms with E-state index in [1.54, 1.807) is 6.92 Å². The summed E-state index contributed by atoms with van der Waals surface area (Å²) in [6.07, 6.45) is -0.679. The van der Waals surface area contributed by atoms with Crippen molar-refractivity contribution in [1.82, 2.24) is 30.2 Å². The molecule has 2 unspecified atom stereocenters. The normalized spacial score (nSPS) is 24.5. The molecule has 0 saturated carbocycles. The number of aromatic nitrogens is 4. The van der Waals surface area contributed by atoms with Crippen LogP contribution in [0.25, 0.3) is 11.2 Å². The van der Waals surface area contributed by atoms with Gasteiger partial charge in [0.05, 0.1) is 38.2 Å². The highest BCUT2D eigenvalue weighted by Crippen LogP contribution is 2.61. The first-order valence-electron chi connectivity index (χ1n) is 23.9. The monoisotopic (exact) mass is 1140 g/mol. The predicted molar refractivity (Wildman–Crippen MR) is 260 cm³/mol. The number of amides is 2. The van der Waals surface area contributed by atoms with Crippen molar-refractivity contribution in [2.75, 3.05) is 44.4 Å². The summed E-state index contributed by atoms with van der Waals surface area (Å²) in [5.41, 5.74) is 4.22. The maximum absolute atomic E-state index is 12.8. The number of carbonyl (C=O) groups excluding carboxylic acids is 4. The fourth-order valence-corrected chi connectivity index (χ4v) is 11.1. The second-order valence-corrected chi connectivity index (χ2v) is 23.8. The number of nitrogen functional groups attached to an aromatic ring is 1. The molecule has 0 spiro atoms. The molecular weight excluding hydrogens is 1070 g/mol. The molecule has 11 atom stereocenters. The van der Waals surface area contributed by atoms with E-state index in [-0.39, 0.29) is 72.1 Å². The van der Waals surface area contributed by atoms with Crippen LogP contribution in [0.15, 0.2) is 12.7 Å². The SMILES string of the molecule is C[C@@H]1O[C@@H](OCCCCCCCCCCCC(=O)CC(=O)SCCNC(=O)CCNC(=O)[C@H](O)C(C)(C)COP(=O)(O)OP(=O)(O)OC[C@H]2O[C@@H](n3cnc4c(N)ncnc43)[C@H](O)[C@@H]2OP(=O)(O)O)[C@H](O)C[C@H]1O. The number of nitrogens with two attached hydrogens (primary N) is 1. The number of phosphoric ester groups is 3. The average Bonchev–Trinajstić information content (AvgIpc) is 3.87. The maximum Gasteiger partial charge on any atom is 0.481 e. The van der Waals surface area contributed by atoms with Gasteiger partial charge in [0.2, 0.25) is 11.8 Å². The van der Waals surface area contributed by atoms with Crippen molar-refractivity contribution in [2.24, 2.45) is 5.41 Å². The number of aliphatic hydroxyl groups excluding tert-OH is 4. The van der Waals surface area contributed by atoms with E-state index in [0.717, 1.165) is 80.4 Å². The Labute approximate surface area is 430 Å². The Hall–Kier alpha value is -2.93. The summed E-state index contributed by atoms with van der Waals surface area (Å²) < 4.78 is 73.6. The van der Waals surface area contributed by atoms with Crippen LogP contribution in [0.5, 0.6) is 0 Å². The first-order valence-corrected chi connectivity index (χ1v) is 29.4. The minimum atomic E-state index is -5.60. The number of anilines is 1. The van der Waals surface area contributed by atoms with Gasteiger partial charge in [-0.15, -0.1) is 0 Å². The van der Waals surface area contributed by atoms with Crippen LogP contribution in [0.2, 0.25) is 0 Å². The zero-order chi connectivity index (χ0) is 54.9. The number of Topliss-reactive ketones (excluding diaryl/α,β-unsaturated/α-hetero) is 1. The number of fused-ring (bicyclic) bond motifs is 1. The van der Waals surface area contributed by atoms with Gasteiger partial charge in [0, 0.05) is 50.1 Å². The molecule has 2 aliphatic rings. The third kappa shape index (κ3) is 21.5. The van der Waals surface area contributed by atoms with Crippen LogP contribution in [0, 0.1) is 5.41 Å². The van der Waals surface area contributed by atoms with Gasteiger partial charge in [-0.25, -0.2) is 28.6 Å². The Morgan fingerprint density at radius 1 is 0.878 bits per heavy atom. The molecule has 2 aliphatic heterocycles. The van der Waals surface area contributed by atoms with Gasteiger partial charge in [-0.05, 0) is 19.8 Å². The molecule has 422 valence electrons. The third-order valence-electron chi connectivity index (χ3n) is 11.7. The lowest BCUT2D eigenvalue weighted by molar-refractivity contribution is -0.261. The van der Waals surface area contributed by atoms with Crippen LogP contribution >= 0.6 is 35.2 Å². The topological polar surface area (TPSA) is 440 Å². The van der Waals surface area contributed by atoms with Gasteiger partial charge in [-0.3, -0.25) is 37.3 Å². The second-order valence-electron chi connectivity index (χ2n) is 18.4. The highest BCUT2D eigenvalue weighted by molar-refractivity contribution is 8.13. The van der Waals surface area contributed by atoms with Gasteiger partial charge in [0.15, 0.2) is 29.1 Å². The van der Waals surface area contributed by atoms with Crippen LogP contribution in [-0.4, -0.2) is 170 Å². The van der Waals surface area contributed by atoms with E-state index >= 15 is 0 Å². The smallest absolute Gasteiger partial charge is 0.390 e. The molecule has 33 heteroatoms. The van der Waals surface area contributed by atoms with Crippen LogP contribution in [0.1, 0.15) is 110 Å². The van der Waals surface area contributed by atoms with Crippen molar-refractivity contribution in [2.45, 2.75) is 159 Å². The van der Waals surface area contributed by atoms with Gasteiger partial charge in [-0.2, -0.15) is 4.31 Å². The molecule has 0 aromatic carbocycles. The third-order valence-corrected chi connectivity index (χ3v) is 15.7. The van der Waals surface area contributed by atoms with Crippen molar-refractivity contribution in [3.05, 3.63) is 12.7 Å². The number of rotatable bonds is 34. The lowest BCUT2D eigenvalue weighted by Gasteiger charge is -2.35. The predicted octanol–water partition coefficient (Wildman–Crippen LogP) is 1.40. The quantitative estimate of drug-likeness (QED) is 0.0268. The van der Waals surface area contributed by atoms with E-state index in [0.29, 0.717) is 19.4 Å². The van der Waals surface area contributed by atoms with Crippen molar-refractivity contribution in [3.8, 4) is 0 Å². The number of unbranched alkanes of at least 4 members (excludes halogenated alkanes) is 8.